The van der Waals surface area contributed by atoms with Crippen molar-refractivity contribution in [3.8, 4) is 5.75 Å². The molecule has 1 aliphatic heterocycles. The smallest absolute Gasteiger partial charge is 0.167 e. The molecule has 0 amide bonds. The van der Waals surface area contributed by atoms with Crippen LogP contribution in [-0.4, -0.2) is 30.4 Å². The van der Waals surface area contributed by atoms with Gasteiger partial charge in [-0.25, -0.2) is 8.78 Å². The molecular formula is C10H11F2NO2. The molecule has 0 aliphatic carbocycles. The van der Waals surface area contributed by atoms with Crippen LogP contribution in [0.2, 0.25) is 0 Å². The van der Waals surface area contributed by atoms with Gasteiger partial charge in [0.25, 0.3) is 0 Å². The van der Waals surface area contributed by atoms with Crippen LogP contribution in [0.1, 0.15) is 0 Å². The molecule has 1 aromatic carbocycles. The van der Waals surface area contributed by atoms with Gasteiger partial charge in [0.05, 0.1) is 0 Å². The van der Waals surface area contributed by atoms with Gasteiger partial charge in [-0.2, -0.15) is 0 Å². The van der Waals surface area contributed by atoms with E-state index >= 15 is 0 Å². The van der Waals surface area contributed by atoms with Crippen LogP contribution in [0, 0.1) is 11.6 Å². The standard InChI is InChI=1S/C10H11F2NO2/c11-6-1-2-9(7(12)3-6)15-10-5-13-4-8(10)14/h1-3,8,10,13-14H,4-5H2/t8-,10-/m1/s1. The van der Waals surface area contributed by atoms with E-state index in [9.17, 15) is 13.9 Å². The summed E-state index contributed by atoms with van der Waals surface area (Å²) in [4.78, 5) is 0. The quantitative estimate of drug-likeness (QED) is 0.762. The Labute approximate surface area is 85.7 Å². The number of aliphatic hydroxyl groups is 1. The summed E-state index contributed by atoms with van der Waals surface area (Å²) in [6.07, 6.45) is -1.14. The lowest BCUT2D eigenvalue weighted by molar-refractivity contribution is 0.0710. The highest BCUT2D eigenvalue weighted by Crippen LogP contribution is 2.20. The number of β-amino-alcohol motifs (C(OH)–C–C–N with tert-alkyl or cyclic N) is 1. The minimum absolute atomic E-state index is 0.0378. The maximum absolute atomic E-state index is 13.2. The molecule has 1 heterocycles. The molecule has 15 heavy (non-hydrogen) atoms. The fourth-order valence-corrected chi connectivity index (χ4v) is 1.50. The zero-order chi connectivity index (χ0) is 10.8. The van der Waals surface area contributed by atoms with Gasteiger partial charge >= 0.3 is 0 Å². The lowest BCUT2D eigenvalue weighted by Crippen LogP contribution is -2.30. The molecule has 0 saturated carbocycles. The summed E-state index contributed by atoms with van der Waals surface area (Å²) >= 11 is 0. The number of hydrogen-bond donors (Lipinski definition) is 2. The van der Waals surface area contributed by atoms with Crippen LogP contribution in [0.3, 0.4) is 0 Å². The minimum Gasteiger partial charge on any atom is -0.483 e. The van der Waals surface area contributed by atoms with E-state index in [0.29, 0.717) is 13.1 Å². The van der Waals surface area contributed by atoms with E-state index < -0.39 is 23.8 Å². The zero-order valence-electron chi connectivity index (χ0n) is 7.91. The second kappa shape index (κ2) is 4.12. The van der Waals surface area contributed by atoms with E-state index in [-0.39, 0.29) is 5.75 Å². The van der Waals surface area contributed by atoms with E-state index in [0.717, 1.165) is 12.1 Å². The van der Waals surface area contributed by atoms with Crippen molar-refractivity contribution in [1.82, 2.24) is 5.32 Å². The minimum atomic E-state index is -0.755. The summed E-state index contributed by atoms with van der Waals surface area (Å²) < 4.78 is 31.0. The van der Waals surface area contributed by atoms with Gasteiger partial charge < -0.3 is 15.2 Å². The van der Waals surface area contributed by atoms with Gasteiger partial charge in [0.15, 0.2) is 11.6 Å². The Morgan fingerprint density at radius 2 is 2.13 bits per heavy atom. The number of aliphatic hydroxyl groups excluding tert-OH is 1. The van der Waals surface area contributed by atoms with E-state index in [2.05, 4.69) is 5.32 Å². The SMILES string of the molecule is O[C@@H]1CNC[C@H]1Oc1ccc(F)cc1F. The van der Waals surface area contributed by atoms with Crippen molar-refractivity contribution in [3.05, 3.63) is 29.8 Å². The molecule has 5 heteroatoms. The summed E-state index contributed by atoms with van der Waals surface area (Å²) in [6, 6.07) is 3.09. The van der Waals surface area contributed by atoms with Crippen LogP contribution in [-0.2, 0) is 0 Å². The summed E-state index contributed by atoms with van der Waals surface area (Å²) in [5.74, 6) is -1.44. The van der Waals surface area contributed by atoms with E-state index in [1.807, 2.05) is 0 Å². The van der Waals surface area contributed by atoms with Crippen LogP contribution < -0.4 is 10.1 Å². The fourth-order valence-electron chi connectivity index (χ4n) is 1.50. The third kappa shape index (κ3) is 2.24. The van der Waals surface area contributed by atoms with Gasteiger partial charge in [-0.15, -0.1) is 0 Å². The molecule has 2 N–H and O–H groups in total. The first-order valence-electron chi connectivity index (χ1n) is 4.67. The second-order valence-electron chi connectivity index (χ2n) is 3.46. The van der Waals surface area contributed by atoms with Crippen LogP contribution in [0.4, 0.5) is 8.78 Å². The summed E-state index contributed by atoms with van der Waals surface area (Å²) in [7, 11) is 0. The molecule has 0 radical (unpaired) electrons. The molecule has 0 spiro atoms. The highest BCUT2D eigenvalue weighted by atomic mass is 19.1. The van der Waals surface area contributed by atoms with Crippen LogP contribution in [0.5, 0.6) is 5.75 Å². The summed E-state index contributed by atoms with van der Waals surface area (Å²) in [6.45, 7) is 0.880. The van der Waals surface area contributed by atoms with Crippen molar-refractivity contribution in [2.24, 2.45) is 0 Å². The number of rotatable bonds is 2. The maximum Gasteiger partial charge on any atom is 0.167 e. The molecule has 1 aromatic rings. The predicted molar refractivity (Wildman–Crippen MR) is 49.7 cm³/mol. The van der Waals surface area contributed by atoms with E-state index in [4.69, 9.17) is 4.74 Å². The van der Waals surface area contributed by atoms with Gasteiger partial charge in [0, 0.05) is 19.2 Å². The van der Waals surface area contributed by atoms with Crippen molar-refractivity contribution < 1.29 is 18.6 Å². The fraction of sp³-hybridized carbons (Fsp3) is 0.400. The highest BCUT2D eigenvalue weighted by molar-refractivity contribution is 5.25. The molecule has 0 bridgehead atoms. The normalized spacial score (nSPS) is 25.5. The topological polar surface area (TPSA) is 41.5 Å². The van der Waals surface area contributed by atoms with E-state index in [1.54, 1.807) is 0 Å². The molecule has 1 fully saturated rings. The number of hydrogen-bond acceptors (Lipinski definition) is 3. The molecule has 0 aromatic heterocycles. The molecular weight excluding hydrogens is 204 g/mol. The van der Waals surface area contributed by atoms with Crippen molar-refractivity contribution >= 4 is 0 Å². The first-order chi connectivity index (χ1) is 7.16. The zero-order valence-corrected chi connectivity index (χ0v) is 7.91. The second-order valence-corrected chi connectivity index (χ2v) is 3.46. The Morgan fingerprint density at radius 3 is 2.73 bits per heavy atom. The van der Waals surface area contributed by atoms with Crippen LogP contribution in [0.25, 0.3) is 0 Å². The molecule has 1 saturated heterocycles. The Bertz CT molecular complexity index is 359. The Hall–Kier alpha value is -1.20. The molecule has 82 valence electrons. The molecule has 3 nitrogen and oxygen atoms in total. The molecule has 0 unspecified atom stereocenters. The first-order valence-corrected chi connectivity index (χ1v) is 4.67. The largest absolute Gasteiger partial charge is 0.483 e. The van der Waals surface area contributed by atoms with Gasteiger partial charge in [-0.05, 0) is 12.1 Å². The monoisotopic (exact) mass is 215 g/mol. The van der Waals surface area contributed by atoms with Crippen molar-refractivity contribution in [2.45, 2.75) is 12.2 Å². The molecule has 2 rings (SSSR count). The highest BCUT2D eigenvalue weighted by Gasteiger charge is 2.27. The third-order valence-corrected chi connectivity index (χ3v) is 2.30. The average molecular weight is 215 g/mol. The Kier molecular flexibility index (Phi) is 2.83. The lowest BCUT2D eigenvalue weighted by Gasteiger charge is -2.16. The Morgan fingerprint density at radius 1 is 1.33 bits per heavy atom. The van der Waals surface area contributed by atoms with Gasteiger partial charge in [0.2, 0.25) is 0 Å². The van der Waals surface area contributed by atoms with Gasteiger partial charge in [0.1, 0.15) is 18.0 Å². The Balaban J connectivity index is 2.10. The predicted octanol–water partition coefficient (Wildman–Crippen LogP) is 0.676. The summed E-state index contributed by atoms with van der Waals surface area (Å²) in [5, 5.41) is 12.3. The number of benzene rings is 1. The maximum atomic E-state index is 13.2. The van der Waals surface area contributed by atoms with Crippen LogP contribution in [0.15, 0.2) is 18.2 Å². The molecule has 2 atom stereocenters. The van der Waals surface area contributed by atoms with E-state index in [1.165, 1.54) is 6.07 Å². The number of halogens is 2. The third-order valence-electron chi connectivity index (χ3n) is 2.30. The van der Waals surface area contributed by atoms with Crippen LogP contribution >= 0.6 is 0 Å². The lowest BCUT2D eigenvalue weighted by atomic mass is 10.2. The van der Waals surface area contributed by atoms with Gasteiger partial charge in [-0.3, -0.25) is 0 Å². The number of ether oxygens (including phenoxy) is 1. The van der Waals surface area contributed by atoms with Gasteiger partial charge in [-0.1, -0.05) is 0 Å². The number of nitrogens with one attached hydrogen (secondary N) is 1. The summed E-state index contributed by atoms with van der Waals surface area (Å²) in [5.41, 5.74) is 0. The van der Waals surface area contributed by atoms with Crippen molar-refractivity contribution in [2.75, 3.05) is 13.1 Å². The van der Waals surface area contributed by atoms with Crippen molar-refractivity contribution in [1.29, 1.82) is 0 Å². The average Bonchev–Trinajstić information content (AvgIpc) is 2.57. The molecule has 1 aliphatic rings. The first kappa shape index (κ1) is 10.3. The van der Waals surface area contributed by atoms with Crippen molar-refractivity contribution in [3.63, 3.8) is 0 Å².